The summed E-state index contributed by atoms with van der Waals surface area (Å²) in [4.78, 5) is 26.5. The Balaban J connectivity index is 1.10. The first kappa shape index (κ1) is 45.2. The third-order valence-corrected chi connectivity index (χ3v) is 18.1. The molecule has 4 aromatic carbocycles. The summed E-state index contributed by atoms with van der Waals surface area (Å²) in [5, 5.41) is 25.7. The Hall–Kier alpha value is -5.84. The van der Waals surface area contributed by atoms with E-state index in [1.807, 2.05) is 103 Å². The molecule has 0 saturated carbocycles. The van der Waals surface area contributed by atoms with Gasteiger partial charge in [0.15, 0.2) is 23.2 Å². The van der Waals surface area contributed by atoms with Crippen LogP contribution in [0.2, 0.25) is 16.6 Å². The van der Waals surface area contributed by atoms with Crippen molar-refractivity contribution in [3.63, 3.8) is 0 Å². The lowest BCUT2D eigenvalue weighted by molar-refractivity contribution is -0.0942. The van der Waals surface area contributed by atoms with Crippen molar-refractivity contribution in [2.24, 2.45) is 0 Å². The normalized spacial score (nSPS) is 18.0. The molecule has 63 heavy (non-hydrogen) atoms. The number of hydrogen-bond donors (Lipinski definition) is 3. The molecule has 0 bridgehead atoms. The third-order valence-electron chi connectivity index (χ3n) is 12.2. The molecule has 1 saturated heterocycles. The highest BCUT2D eigenvalue weighted by Gasteiger charge is 2.48. The van der Waals surface area contributed by atoms with Crippen molar-refractivity contribution >= 4 is 31.4 Å². The van der Waals surface area contributed by atoms with Gasteiger partial charge in [-0.25, -0.2) is 19.7 Å². The lowest BCUT2D eigenvalue weighted by atomic mass is 9.80. The summed E-state index contributed by atoms with van der Waals surface area (Å²) in [7, 11) is 0.943. The average Bonchev–Trinajstić information content (AvgIpc) is 3.85. The van der Waals surface area contributed by atoms with Crippen molar-refractivity contribution in [2.45, 2.75) is 94.9 Å². The molecule has 15 heteroatoms. The number of carbonyl (C=O) groups excluding carboxylic acids is 1. The van der Waals surface area contributed by atoms with Crippen molar-refractivity contribution in [1.29, 1.82) is 0 Å². The van der Waals surface area contributed by atoms with E-state index in [0.717, 1.165) is 22.3 Å². The van der Waals surface area contributed by atoms with Gasteiger partial charge >= 0.3 is 6.09 Å². The number of aliphatic hydroxyl groups excluding tert-OH is 2. The van der Waals surface area contributed by atoms with E-state index in [1.54, 1.807) is 14.2 Å². The molecule has 6 aromatic rings. The number of benzene rings is 4. The van der Waals surface area contributed by atoms with Crippen molar-refractivity contribution in [2.75, 3.05) is 26.1 Å². The smallest absolute Gasteiger partial charge is 0.413 e. The van der Waals surface area contributed by atoms with Crippen LogP contribution in [0.3, 0.4) is 0 Å². The fraction of sp³-hybridized carbons (Fsp3) is 0.375. The summed E-state index contributed by atoms with van der Waals surface area (Å²) in [5.41, 5.74) is 3.55. The predicted molar refractivity (Wildman–Crippen MR) is 241 cm³/mol. The fourth-order valence-corrected chi connectivity index (χ4v) is 14.3. The van der Waals surface area contributed by atoms with E-state index >= 15 is 0 Å². The minimum Gasteiger partial charge on any atom is -0.542 e. The number of imidazole rings is 1. The summed E-state index contributed by atoms with van der Waals surface area (Å²) >= 11 is 0. The molecule has 4 atom stereocenters. The molecule has 1 amide bonds. The van der Waals surface area contributed by atoms with Crippen LogP contribution in [-0.2, 0) is 26.4 Å². The summed E-state index contributed by atoms with van der Waals surface area (Å²) in [5.74, 6) is 2.16. The van der Waals surface area contributed by atoms with Crippen LogP contribution >= 0.6 is 0 Å². The van der Waals surface area contributed by atoms with Crippen LogP contribution in [0, 0.1) is 0 Å². The van der Waals surface area contributed by atoms with Crippen molar-refractivity contribution in [1.82, 2.24) is 19.5 Å². The molecule has 0 unspecified atom stereocenters. The van der Waals surface area contributed by atoms with Crippen LogP contribution in [0.15, 0.2) is 116 Å². The molecule has 1 fully saturated rings. The first-order valence-corrected chi connectivity index (χ1v) is 23.4. The van der Waals surface area contributed by atoms with Crippen LogP contribution in [0.1, 0.15) is 70.0 Å². The maximum absolute atomic E-state index is 13.3. The number of amides is 1. The second-order valence-corrected chi connectivity index (χ2v) is 22.0. The third kappa shape index (κ3) is 8.88. The molecule has 0 radical (unpaired) electrons. The number of hydrogen-bond acceptors (Lipinski definition) is 12. The highest BCUT2D eigenvalue weighted by atomic mass is 28.4. The average molecular weight is 876 g/mol. The Morgan fingerprint density at radius 1 is 0.762 bits per heavy atom. The minimum absolute atomic E-state index is 0.0324. The molecular weight excluding hydrogens is 819 g/mol. The molecule has 2 aromatic heterocycles. The largest absolute Gasteiger partial charge is 0.542 e. The number of carbonyl (C=O) groups is 1. The Labute approximate surface area is 369 Å². The standard InChI is InChI=1S/C48H57N5O9Si/c1-30(2)63(31(3)4,32(5)6)62-39-17-13-12-14-33(39)26-59-47(56)52-44-41-45(50-28-49-44)53(29-51-41)46-43(55)42(54)40(61-46)27-60-48(34-15-10-9-11-16-34,35-18-22-37(57-7)23-19-35)36-20-24-38(58-8)25-21-36/h9-25,28-32,40,42-43,46,54-55H,26-27H2,1-8H3,(H,49,50,52,56)/t40-,42-,43-,46-/m1/s1. The molecule has 14 nitrogen and oxygen atoms in total. The zero-order valence-corrected chi connectivity index (χ0v) is 38.0. The van der Waals surface area contributed by atoms with Crippen LogP contribution in [-0.4, -0.2) is 83.3 Å². The number of nitrogens with one attached hydrogen (secondary N) is 1. The van der Waals surface area contributed by atoms with E-state index in [1.165, 1.54) is 17.2 Å². The number of nitrogens with zero attached hydrogens (tertiary/aromatic N) is 4. The van der Waals surface area contributed by atoms with Gasteiger partial charge in [-0.15, -0.1) is 0 Å². The van der Waals surface area contributed by atoms with Crippen molar-refractivity contribution in [3.8, 4) is 17.2 Å². The van der Waals surface area contributed by atoms with Gasteiger partial charge in [0.1, 0.15) is 54.1 Å². The molecule has 0 spiro atoms. The number of aromatic nitrogens is 4. The maximum Gasteiger partial charge on any atom is 0.413 e. The van der Waals surface area contributed by atoms with Gasteiger partial charge in [0.2, 0.25) is 0 Å². The Kier molecular flexibility index (Phi) is 13.8. The first-order chi connectivity index (χ1) is 30.3. The zero-order chi connectivity index (χ0) is 44.9. The van der Waals surface area contributed by atoms with E-state index in [2.05, 4.69) is 61.8 Å². The summed E-state index contributed by atoms with van der Waals surface area (Å²) < 4.78 is 38.5. The van der Waals surface area contributed by atoms with E-state index < -0.39 is 44.6 Å². The van der Waals surface area contributed by atoms with E-state index in [0.29, 0.717) is 33.9 Å². The van der Waals surface area contributed by atoms with Gasteiger partial charge < -0.3 is 38.3 Å². The molecule has 3 heterocycles. The van der Waals surface area contributed by atoms with Gasteiger partial charge in [0, 0.05) is 5.56 Å². The minimum atomic E-state index is -2.27. The molecule has 7 rings (SSSR count). The van der Waals surface area contributed by atoms with E-state index in [4.69, 9.17) is 28.1 Å². The Morgan fingerprint density at radius 2 is 1.33 bits per heavy atom. The SMILES string of the molecule is COc1ccc(C(OC[C@H]2O[C@@H](n3cnc4c(NC(=O)OCc5ccccc5O[Si](C(C)C)(C(C)C)C(C)C)ncnc43)[C@H](O)[C@@H]2O)(c2ccccc2)c2ccc(OC)cc2)cc1. The number of rotatable bonds is 17. The van der Waals surface area contributed by atoms with E-state index in [-0.39, 0.29) is 30.2 Å². The highest BCUT2D eigenvalue weighted by molar-refractivity contribution is 6.78. The molecule has 0 aliphatic carbocycles. The van der Waals surface area contributed by atoms with Crippen LogP contribution in [0.25, 0.3) is 11.2 Å². The Bertz CT molecular complexity index is 2380. The van der Waals surface area contributed by atoms with Crippen molar-refractivity contribution in [3.05, 3.63) is 138 Å². The number of ether oxygens (including phenoxy) is 5. The topological polar surface area (TPSA) is 169 Å². The molecular formula is C48H57N5O9Si. The second-order valence-electron chi connectivity index (χ2n) is 16.6. The number of para-hydroxylation sites is 1. The molecule has 332 valence electrons. The fourth-order valence-electron chi connectivity index (χ4n) is 9.05. The lowest BCUT2D eigenvalue weighted by Crippen LogP contribution is -2.50. The summed E-state index contributed by atoms with van der Waals surface area (Å²) in [6, 6.07) is 32.6. The maximum atomic E-state index is 13.3. The monoisotopic (exact) mass is 875 g/mol. The summed E-state index contributed by atoms with van der Waals surface area (Å²) in [6.07, 6.45) is -2.92. The van der Waals surface area contributed by atoms with Crippen LogP contribution < -0.4 is 19.2 Å². The van der Waals surface area contributed by atoms with Gasteiger partial charge in [0.05, 0.1) is 27.2 Å². The van der Waals surface area contributed by atoms with Gasteiger partial charge in [-0.05, 0) is 63.6 Å². The van der Waals surface area contributed by atoms with Crippen LogP contribution in [0.4, 0.5) is 10.6 Å². The first-order valence-electron chi connectivity index (χ1n) is 21.2. The predicted octanol–water partition coefficient (Wildman–Crippen LogP) is 8.77. The number of methoxy groups -OCH3 is 2. The van der Waals surface area contributed by atoms with Crippen molar-refractivity contribution < 1.29 is 43.1 Å². The summed E-state index contributed by atoms with van der Waals surface area (Å²) in [6.45, 7) is 13.2. The highest BCUT2D eigenvalue weighted by Crippen LogP contribution is 2.45. The number of fused-ring (bicyclic) bond motifs is 1. The Morgan fingerprint density at radius 3 is 1.92 bits per heavy atom. The van der Waals surface area contributed by atoms with Gasteiger partial charge in [-0.1, -0.05) is 114 Å². The quantitative estimate of drug-likeness (QED) is 0.0590. The molecule has 1 aliphatic rings. The van der Waals surface area contributed by atoms with Gasteiger partial charge in [-0.2, -0.15) is 0 Å². The number of aliphatic hydroxyl groups is 2. The number of anilines is 1. The molecule has 1 aliphatic heterocycles. The lowest BCUT2D eigenvalue weighted by Gasteiger charge is -2.42. The second kappa shape index (κ2) is 19.3. The van der Waals surface area contributed by atoms with E-state index in [9.17, 15) is 15.0 Å². The van der Waals surface area contributed by atoms with Gasteiger partial charge in [0.25, 0.3) is 8.32 Å². The zero-order valence-electron chi connectivity index (χ0n) is 37.0. The van der Waals surface area contributed by atoms with Crippen LogP contribution in [0.5, 0.6) is 17.2 Å². The molecule has 3 N–H and O–H groups in total. The van der Waals surface area contributed by atoms with Gasteiger partial charge in [-0.3, -0.25) is 9.88 Å².